The highest BCUT2D eigenvalue weighted by Crippen LogP contribution is 1.76. The number of hydrogen-bond acceptors (Lipinski definition) is 2. The van der Waals surface area contributed by atoms with E-state index in [9.17, 15) is 0 Å². The van der Waals surface area contributed by atoms with Gasteiger partial charge in [0.05, 0.1) is 6.17 Å². The molecule has 0 bridgehead atoms. The Labute approximate surface area is 44.6 Å². The SMILES string of the molecule is C=NC(C)NCC. The molecule has 0 saturated carbocycles. The van der Waals surface area contributed by atoms with E-state index in [0.717, 1.165) is 6.54 Å². The van der Waals surface area contributed by atoms with Crippen molar-refractivity contribution < 1.29 is 0 Å². The fourth-order valence-corrected chi connectivity index (χ4v) is 0.360. The molecule has 0 saturated heterocycles. The van der Waals surface area contributed by atoms with Crippen molar-refractivity contribution in [3.63, 3.8) is 0 Å². The van der Waals surface area contributed by atoms with Crippen LogP contribution in [0.4, 0.5) is 0 Å². The van der Waals surface area contributed by atoms with Crippen molar-refractivity contribution in [3.8, 4) is 0 Å². The maximum Gasteiger partial charge on any atom is 0.0958 e. The Hall–Kier alpha value is -0.370. The first-order valence-corrected chi connectivity index (χ1v) is 2.50. The van der Waals surface area contributed by atoms with E-state index >= 15 is 0 Å². The summed E-state index contributed by atoms with van der Waals surface area (Å²) in [5.74, 6) is 0. The van der Waals surface area contributed by atoms with Crippen LogP contribution in [0.2, 0.25) is 0 Å². The molecule has 0 spiro atoms. The summed E-state index contributed by atoms with van der Waals surface area (Å²) >= 11 is 0. The fraction of sp³-hybridized carbons (Fsp3) is 0.800. The number of hydrogen-bond donors (Lipinski definition) is 1. The smallest absolute Gasteiger partial charge is 0.0958 e. The third-order valence-electron chi connectivity index (χ3n) is 0.773. The van der Waals surface area contributed by atoms with Crippen LogP contribution in [-0.4, -0.2) is 19.4 Å². The number of aliphatic imine (C=N–C) groups is 1. The maximum absolute atomic E-state index is 3.72. The highest BCUT2D eigenvalue weighted by molar-refractivity contribution is 5.23. The second kappa shape index (κ2) is 3.81. The summed E-state index contributed by atoms with van der Waals surface area (Å²) in [7, 11) is 0. The zero-order chi connectivity index (χ0) is 5.70. The summed E-state index contributed by atoms with van der Waals surface area (Å²) in [5, 5.41) is 3.07. The third kappa shape index (κ3) is 3.46. The first-order valence-electron chi connectivity index (χ1n) is 2.50. The molecule has 42 valence electrons. The first-order chi connectivity index (χ1) is 3.31. The van der Waals surface area contributed by atoms with Crippen LogP contribution >= 0.6 is 0 Å². The van der Waals surface area contributed by atoms with Gasteiger partial charge in [0, 0.05) is 0 Å². The molecule has 0 aliphatic heterocycles. The van der Waals surface area contributed by atoms with Gasteiger partial charge in [0.2, 0.25) is 0 Å². The van der Waals surface area contributed by atoms with E-state index < -0.39 is 0 Å². The molecule has 7 heavy (non-hydrogen) atoms. The summed E-state index contributed by atoms with van der Waals surface area (Å²) in [5.41, 5.74) is 0. The molecule has 2 heteroatoms. The highest BCUT2D eigenvalue weighted by atomic mass is 15.0. The van der Waals surface area contributed by atoms with Gasteiger partial charge in [-0.2, -0.15) is 0 Å². The molecule has 0 amide bonds. The van der Waals surface area contributed by atoms with E-state index in [4.69, 9.17) is 0 Å². The Bertz CT molecular complexity index is 52.0. The van der Waals surface area contributed by atoms with Crippen LogP contribution < -0.4 is 5.32 Å². The Morgan fingerprint density at radius 1 is 1.86 bits per heavy atom. The number of nitrogens with zero attached hydrogens (tertiary/aromatic N) is 1. The van der Waals surface area contributed by atoms with E-state index in [1.807, 2.05) is 13.8 Å². The molecule has 0 radical (unpaired) electrons. The van der Waals surface area contributed by atoms with Crippen LogP contribution in [0.15, 0.2) is 4.99 Å². The molecule has 0 aromatic heterocycles. The van der Waals surface area contributed by atoms with Gasteiger partial charge < -0.3 is 0 Å². The quantitative estimate of drug-likeness (QED) is 0.517. The summed E-state index contributed by atoms with van der Waals surface area (Å²) in [4.78, 5) is 3.72. The van der Waals surface area contributed by atoms with Gasteiger partial charge in [-0.05, 0) is 20.2 Å². The molecule has 0 aliphatic carbocycles. The normalized spacial score (nSPS) is 13.4. The van der Waals surface area contributed by atoms with Crippen molar-refractivity contribution in [2.45, 2.75) is 20.0 Å². The molecule has 1 atom stereocenters. The Morgan fingerprint density at radius 2 is 2.43 bits per heavy atom. The zero-order valence-corrected chi connectivity index (χ0v) is 4.94. The first kappa shape index (κ1) is 6.63. The number of rotatable bonds is 3. The third-order valence-corrected chi connectivity index (χ3v) is 0.773. The average molecular weight is 100 g/mol. The van der Waals surface area contributed by atoms with Gasteiger partial charge in [0.25, 0.3) is 0 Å². The van der Waals surface area contributed by atoms with Crippen molar-refractivity contribution in [1.29, 1.82) is 0 Å². The largest absolute Gasteiger partial charge is 0.296 e. The van der Waals surface area contributed by atoms with E-state index in [2.05, 4.69) is 17.0 Å². The number of nitrogens with one attached hydrogen (secondary N) is 1. The lowest BCUT2D eigenvalue weighted by Crippen LogP contribution is -2.22. The molecule has 0 aromatic carbocycles. The van der Waals surface area contributed by atoms with Crippen LogP contribution in [0.3, 0.4) is 0 Å². The van der Waals surface area contributed by atoms with Gasteiger partial charge in [-0.3, -0.25) is 10.3 Å². The lowest BCUT2D eigenvalue weighted by Gasteiger charge is -2.02. The Kier molecular flexibility index (Phi) is 3.61. The minimum absolute atomic E-state index is 0.213. The molecule has 0 aliphatic rings. The minimum Gasteiger partial charge on any atom is -0.296 e. The maximum atomic E-state index is 3.72. The molecule has 1 N–H and O–H groups in total. The fourth-order valence-electron chi connectivity index (χ4n) is 0.360. The van der Waals surface area contributed by atoms with Gasteiger partial charge in [0.15, 0.2) is 0 Å². The monoisotopic (exact) mass is 100 g/mol. The van der Waals surface area contributed by atoms with Gasteiger partial charge in [-0.25, -0.2) is 0 Å². The van der Waals surface area contributed by atoms with Crippen LogP contribution in [0.1, 0.15) is 13.8 Å². The predicted octanol–water partition coefficient (Wildman–Crippen LogP) is 0.643. The molecule has 0 fully saturated rings. The van der Waals surface area contributed by atoms with E-state index in [1.165, 1.54) is 0 Å². The molecule has 0 rings (SSSR count). The van der Waals surface area contributed by atoms with Crippen LogP contribution in [0.5, 0.6) is 0 Å². The molecule has 0 aromatic rings. The van der Waals surface area contributed by atoms with Crippen molar-refractivity contribution in [2.24, 2.45) is 4.99 Å². The lowest BCUT2D eigenvalue weighted by atomic mass is 10.5. The summed E-state index contributed by atoms with van der Waals surface area (Å²) in [6.07, 6.45) is 0.213. The summed E-state index contributed by atoms with van der Waals surface area (Å²) in [6, 6.07) is 0. The van der Waals surface area contributed by atoms with Gasteiger partial charge in [-0.1, -0.05) is 6.92 Å². The van der Waals surface area contributed by atoms with Gasteiger partial charge >= 0.3 is 0 Å². The van der Waals surface area contributed by atoms with E-state index in [1.54, 1.807) is 0 Å². The lowest BCUT2D eigenvalue weighted by molar-refractivity contribution is 0.595. The van der Waals surface area contributed by atoms with Crippen LogP contribution in [-0.2, 0) is 0 Å². The molecule has 1 unspecified atom stereocenters. The van der Waals surface area contributed by atoms with Crippen LogP contribution in [0.25, 0.3) is 0 Å². The van der Waals surface area contributed by atoms with Gasteiger partial charge in [-0.15, -0.1) is 0 Å². The summed E-state index contributed by atoms with van der Waals surface area (Å²) < 4.78 is 0. The van der Waals surface area contributed by atoms with Crippen molar-refractivity contribution in [3.05, 3.63) is 0 Å². The Morgan fingerprint density at radius 3 is 2.57 bits per heavy atom. The minimum atomic E-state index is 0.213. The average Bonchev–Trinajstić information content (AvgIpc) is 1.68. The second-order valence-electron chi connectivity index (χ2n) is 1.42. The van der Waals surface area contributed by atoms with Crippen molar-refractivity contribution >= 4 is 6.72 Å². The topological polar surface area (TPSA) is 24.4 Å². The van der Waals surface area contributed by atoms with E-state index in [0.29, 0.717) is 0 Å². The molecular formula is C5H12N2. The zero-order valence-electron chi connectivity index (χ0n) is 4.94. The van der Waals surface area contributed by atoms with Crippen molar-refractivity contribution in [1.82, 2.24) is 5.32 Å². The summed E-state index contributed by atoms with van der Waals surface area (Å²) in [6.45, 7) is 8.34. The Balaban J connectivity index is 2.98. The molecule has 0 heterocycles. The molecular weight excluding hydrogens is 88.1 g/mol. The second-order valence-corrected chi connectivity index (χ2v) is 1.42. The van der Waals surface area contributed by atoms with Crippen LogP contribution in [0, 0.1) is 0 Å². The predicted molar refractivity (Wildman–Crippen MR) is 32.7 cm³/mol. The highest BCUT2D eigenvalue weighted by Gasteiger charge is 1.87. The standard InChI is InChI=1S/C5H12N2/c1-4-7-5(2)6-3/h5,7H,3-4H2,1-2H3. The van der Waals surface area contributed by atoms with E-state index in [-0.39, 0.29) is 6.17 Å². The van der Waals surface area contributed by atoms with Gasteiger partial charge in [0.1, 0.15) is 0 Å². The molecule has 2 nitrogen and oxygen atoms in total. The van der Waals surface area contributed by atoms with Crippen molar-refractivity contribution in [2.75, 3.05) is 6.54 Å².